The van der Waals surface area contributed by atoms with Gasteiger partial charge in [0.2, 0.25) is 0 Å². The van der Waals surface area contributed by atoms with Crippen LogP contribution < -0.4 is 5.32 Å². The zero-order valence-electron chi connectivity index (χ0n) is 12.3. The number of hydrogen-bond donors (Lipinski definition) is 2. The molecule has 2 N–H and O–H groups in total. The van der Waals surface area contributed by atoms with Crippen molar-refractivity contribution in [2.75, 3.05) is 18.1 Å². The third-order valence-corrected chi connectivity index (χ3v) is 5.33. The minimum Gasteiger partial charge on any atom is -0.451 e. The van der Waals surface area contributed by atoms with Crippen LogP contribution in [0.3, 0.4) is 0 Å². The molecule has 0 spiro atoms. The second-order valence-corrected chi connectivity index (χ2v) is 7.38. The molecule has 1 aliphatic rings. The SMILES string of the molecule is Cc1c(C(=O)NCC2(O)CCSCC2)oc2ccc(Cl)cc12. The molecule has 3 rings (SSSR count). The van der Waals surface area contributed by atoms with Crippen molar-refractivity contribution in [2.45, 2.75) is 25.4 Å². The molecule has 1 saturated heterocycles. The molecule has 1 aromatic carbocycles. The first-order valence-corrected chi connectivity index (χ1v) is 8.79. The summed E-state index contributed by atoms with van der Waals surface area (Å²) in [6, 6.07) is 5.28. The van der Waals surface area contributed by atoms with Crippen molar-refractivity contribution in [2.24, 2.45) is 0 Å². The van der Waals surface area contributed by atoms with Gasteiger partial charge in [-0.1, -0.05) is 11.6 Å². The number of carbonyl (C=O) groups excluding carboxylic acids is 1. The first-order valence-electron chi connectivity index (χ1n) is 7.25. The lowest BCUT2D eigenvalue weighted by Crippen LogP contribution is -2.45. The monoisotopic (exact) mass is 339 g/mol. The van der Waals surface area contributed by atoms with E-state index >= 15 is 0 Å². The fourth-order valence-corrected chi connectivity index (χ4v) is 4.09. The standard InChI is InChI=1S/C16H18ClNO3S/c1-10-12-8-11(17)2-3-13(12)21-14(10)15(19)18-9-16(20)4-6-22-7-5-16/h2-3,8,20H,4-7,9H2,1H3,(H,18,19). The van der Waals surface area contributed by atoms with Gasteiger partial charge in [0.15, 0.2) is 5.76 Å². The van der Waals surface area contributed by atoms with Crippen molar-refractivity contribution in [3.8, 4) is 0 Å². The highest BCUT2D eigenvalue weighted by atomic mass is 35.5. The molecular weight excluding hydrogens is 322 g/mol. The number of amides is 1. The summed E-state index contributed by atoms with van der Waals surface area (Å²) >= 11 is 7.81. The van der Waals surface area contributed by atoms with E-state index in [9.17, 15) is 9.90 Å². The molecule has 0 atom stereocenters. The van der Waals surface area contributed by atoms with Gasteiger partial charge in [-0.3, -0.25) is 4.79 Å². The third kappa shape index (κ3) is 3.12. The van der Waals surface area contributed by atoms with Gasteiger partial charge in [0.1, 0.15) is 5.58 Å². The molecule has 4 nitrogen and oxygen atoms in total. The Bertz CT molecular complexity index is 707. The van der Waals surface area contributed by atoms with E-state index < -0.39 is 5.60 Å². The van der Waals surface area contributed by atoms with Crippen molar-refractivity contribution in [1.29, 1.82) is 0 Å². The van der Waals surface area contributed by atoms with E-state index in [-0.39, 0.29) is 18.2 Å². The van der Waals surface area contributed by atoms with Crippen LogP contribution in [0.15, 0.2) is 22.6 Å². The number of aliphatic hydroxyl groups is 1. The number of furan rings is 1. The quantitative estimate of drug-likeness (QED) is 0.899. The molecule has 1 aliphatic heterocycles. The molecule has 1 aromatic heterocycles. The van der Waals surface area contributed by atoms with E-state index in [0.29, 0.717) is 23.4 Å². The van der Waals surface area contributed by atoms with Gasteiger partial charge in [-0.05, 0) is 49.5 Å². The van der Waals surface area contributed by atoms with Crippen LogP contribution in [-0.2, 0) is 0 Å². The molecule has 22 heavy (non-hydrogen) atoms. The van der Waals surface area contributed by atoms with Crippen LogP contribution in [0, 0.1) is 6.92 Å². The molecule has 0 unspecified atom stereocenters. The summed E-state index contributed by atoms with van der Waals surface area (Å²) in [6.07, 6.45) is 1.40. The van der Waals surface area contributed by atoms with Crippen molar-refractivity contribution in [3.05, 3.63) is 34.5 Å². The number of hydrogen-bond acceptors (Lipinski definition) is 4. The second kappa shape index (κ2) is 6.14. The van der Waals surface area contributed by atoms with Gasteiger partial charge in [0.05, 0.1) is 5.60 Å². The Morgan fingerprint density at radius 2 is 2.18 bits per heavy atom. The number of halogens is 1. The minimum atomic E-state index is -0.801. The summed E-state index contributed by atoms with van der Waals surface area (Å²) in [5.74, 6) is 1.84. The van der Waals surface area contributed by atoms with Gasteiger partial charge < -0.3 is 14.8 Å². The topological polar surface area (TPSA) is 62.5 Å². The van der Waals surface area contributed by atoms with E-state index in [2.05, 4.69) is 5.32 Å². The van der Waals surface area contributed by atoms with Gasteiger partial charge >= 0.3 is 0 Å². The molecule has 6 heteroatoms. The lowest BCUT2D eigenvalue weighted by atomic mass is 9.97. The molecule has 0 saturated carbocycles. The first kappa shape index (κ1) is 15.7. The van der Waals surface area contributed by atoms with Gasteiger partial charge in [-0.2, -0.15) is 11.8 Å². The average Bonchev–Trinajstić information content (AvgIpc) is 2.83. The number of aryl methyl sites for hydroxylation is 1. The highest BCUT2D eigenvalue weighted by molar-refractivity contribution is 7.99. The lowest BCUT2D eigenvalue weighted by molar-refractivity contribution is 0.0307. The van der Waals surface area contributed by atoms with Crippen molar-refractivity contribution in [1.82, 2.24) is 5.32 Å². The van der Waals surface area contributed by atoms with E-state index in [4.69, 9.17) is 16.0 Å². The number of benzene rings is 1. The Morgan fingerprint density at radius 3 is 2.91 bits per heavy atom. The number of nitrogens with one attached hydrogen (secondary N) is 1. The minimum absolute atomic E-state index is 0.254. The maximum absolute atomic E-state index is 12.4. The summed E-state index contributed by atoms with van der Waals surface area (Å²) in [6.45, 7) is 2.09. The van der Waals surface area contributed by atoms with Gasteiger partial charge in [-0.25, -0.2) is 0 Å². The fraction of sp³-hybridized carbons (Fsp3) is 0.438. The van der Waals surface area contributed by atoms with Crippen LogP contribution in [0.2, 0.25) is 5.02 Å². The Balaban J connectivity index is 1.76. The molecule has 1 amide bonds. The summed E-state index contributed by atoms with van der Waals surface area (Å²) in [5, 5.41) is 14.7. The Hall–Kier alpha value is -1.17. The number of thioether (sulfide) groups is 1. The number of rotatable bonds is 3. The third-order valence-electron chi connectivity index (χ3n) is 4.11. The average molecular weight is 340 g/mol. The predicted octanol–water partition coefficient (Wildman–Crippen LogP) is 3.38. The molecule has 2 aromatic rings. The largest absolute Gasteiger partial charge is 0.451 e. The molecule has 0 radical (unpaired) electrons. The molecule has 2 heterocycles. The zero-order valence-corrected chi connectivity index (χ0v) is 13.9. The van der Waals surface area contributed by atoms with Crippen molar-refractivity contribution >= 4 is 40.2 Å². The second-order valence-electron chi connectivity index (χ2n) is 5.72. The maximum Gasteiger partial charge on any atom is 0.287 e. The highest BCUT2D eigenvalue weighted by Gasteiger charge is 2.30. The summed E-state index contributed by atoms with van der Waals surface area (Å²) in [5.41, 5.74) is 0.602. The number of carbonyl (C=O) groups is 1. The normalized spacial score (nSPS) is 17.6. The van der Waals surface area contributed by atoms with Gasteiger partial charge in [0.25, 0.3) is 5.91 Å². The van der Waals surface area contributed by atoms with Crippen molar-refractivity contribution < 1.29 is 14.3 Å². The lowest BCUT2D eigenvalue weighted by Gasteiger charge is -2.31. The van der Waals surface area contributed by atoms with Crippen LogP contribution in [-0.4, -0.2) is 34.7 Å². The van der Waals surface area contributed by atoms with Crippen LogP contribution in [0.5, 0.6) is 0 Å². The smallest absolute Gasteiger partial charge is 0.287 e. The van der Waals surface area contributed by atoms with E-state index in [1.54, 1.807) is 18.2 Å². The fourth-order valence-electron chi connectivity index (χ4n) is 2.66. The summed E-state index contributed by atoms with van der Waals surface area (Å²) in [4.78, 5) is 12.4. The highest BCUT2D eigenvalue weighted by Crippen LogP contribution is 2.29. The molecule has 0 aliphatic carbocycles. The summed E-state index contributed by atoms with van der Waals surface area (Å²) < 4.78 is 5.63. The summed E-state index contributed by atoms with van der Waals surface area (Å²) in [7, 11) is 0. The maximum atomic E-state index is 12.4. The van der Waals surface area contributed by atoms with Gasteiger partial charge in [-0.15, -0.1) is 0 Å². The van der Waals surface area contributed by atoms with E-state index in [0.717, 1.165) is 22.5 Å². The van der Waals surface area contributed by atoms with Crippen LogP contribution in [0.25, 0.3) is 11.0 Å². The van der Waals surface area contributed by atoms with Crippen molar-refractivity contribution in [3.63, 3.8) is 0 Å². The molecule has 0 bridgehead atoms. The predicted molar refractivity (Wildman–Crippen MR) is 89.8 cm³/mol. The van der Waals surface area contributed by atoms with Crippen LogP contribution >= 0.6 is 23.4 Å². The first-order chi connectivity index (χ1) is 10.5. The van der Waals surface area contributed by atoms with E-state index in [1.165, 1.54) is 0 Å². The number of fused-ring (bicyclic) bond motifs is 1. The molecule has 1 fully saturated rings. The van der Waals surface area contributed by atoms with E-state index in [1.807, 2.05) is 18.7 Å². The van der Waals surface area contributed by atoms with Crippen LogP contribution in [0.4, 0.5) is 0 Å². The zero-order chi connectivity index (χ0) is 15.7. The van der Waals surface area contributed by atoms with Crippen LogP contribution in [0.1, 0.15) is 29.0 Å². The molecular formula is C16H18ClNO3S. The van der Waals surface area contributed by atoms with Gasteiger partial charge in [0, 0.05) is 22.5 Å². The molecule has 118 valence electrons. The Kier molecular flexibility index (Phi) is 4.39. The Morgan fingerprint density at radius 1 is 1.45 bits per heavy atom. The Labute approximate surface area is 138 Å².